The minimum atomic E-state index is 0.938. The van der Waals surface area contributed by atoms with E-state index in [1.54, 1.807) is 6.26 Å². The highest BCUT2D eigenvalue weighted by Gasteiger charge is 1.96. The summed E-state index contributed by atoms with van der Waals surface area (Å²) in [7, 11) is 0. The van der Waals surface area contributed by atoms with Gasteiger partial charge < -0.3 is 9.73 Å². The van der Waals surface area contributed by atoms with Crippen molar-refractivity contribution in [2.45, 2.75) is 5.75 Å². The summed E-state index contributed by atoms with van der Waals surface area (Å²) in [6.45, 7) is 0.960. The second-order valence-electron chi connectivity index (χ2n) is 3.57. The van der Waals surface area contributed by atoms with Crippen LogP contribution in [0.3, 0.4) is 0 Å². The van der Waals surface area contributed by atoms with Crippen molar-refractivity contribution in [3.63, 3.8) is 0 Å². The van der Waals surface area contributed by atoms with E-state index in [1.807, 2.05) is 36.0 Å². The second-order valence-corrected chi connectivity index (χ2v) is 5.59. The predicted octanol–water partition coefficient (Wildman–Crippen LogP) is 4.39. The van der Waals surface area contributed by atoms with E-state index in [9.17, 15) is 0 Å². The van der Waals surface area contributed by atoms with E-state index in [4.69, 9.17) is 4.42 Å². The topological polar surface area (TPSA) is 25.2 Å². The van der Waals surface area contributed by atoms with Gasteiger partial charge in [-0.3, -0.25) is 0 Å². The Labute approximate surface area is 114 Å². The highest BCUT2D eigenvalue weighted by molar-refractivity contribution is 9.10. The molecule has 2 nitrogen and oxygen atoms in total. The molecule has 1 aromatic heterocycles. The zero-order chi connectivity index (χ0) is 11.9. The average molecular weight is 312 g/mol. The lowest BCUT2D eigenvalue weighted by Gasteiger charge is -2.05. The highest BCUT2D eigenvalue weighted by Crippen LogP contribution is 2.16. The normalized spacial score (nSPS) is 10.4. The number of furan rings is 1. The molecule has 0 radical (unpaired) electrons. The number of thioether (sulfide) groups is 1. The monoisotopic (exact) mass is 311 g/mol. The van der Waals surface area contributed by atoms with Gasteiger partial charge in [-0.2, -0.15) is 11.8 Å². The second kappa shape index (κ2) is 6.77. The molecule has 1 aromatic carbocycles. The van der Waals surface area contributed by atoms with E-state index in [-0.39, 0.29) is 0 Å². The maximum atomic E-state index is 5.27. The Balaban J connectivity index is 1.63. The van der Waals surface area contributed by atoms with Crippen LogP contribution in [0.4, 0.5) is 5.69 Å². The molecular formula is C13H14BrNOS. The molecular weight excluding hydrogens is 298 g/mol. The van der Waals surface area contributed by atoms with Gasteiger partial charge in [0.05, 0.1) is 12.0 Å². The first-order valence-corrected chi connectivity index (χ1v) is 7.39. The van der Waals surface area contributed by atoms with Crippen molar-refractivity contribution in [1.29, 1.82) is 0 Å². The van der Waals surface area contributed by atoms with E-state index in [0.29, 0.717) is 0 Å². The molecule has 17 heavy (non-hydrogen) atoms. The molecule has 0 fully saturated rings. The number of nitrogens with one attached hydrogen (secondary N) is 1. The third-order valence-corrected chi connectivity index (χ3v) is 3.70. The van der Waals surface area contributed by atoms with Crippen LogP contribution in [0.15, 0.2) is 51.6 Å². The van der Waals surface area contributed by atoms with Crippen LogP contribution in [0.1, 0.15) is 5.76 Å². The molecule has 4 heteroatoms. The van der Waals surface area contributed by atoms with Gasteiger partial charge in [0.15, 0.2) is 0 Å². The summed E-state index contributed by atoms with van der Waals surface area (Å²) in [5, 5.41) is 3.38. The van der Waals surface area contributed by atoms with Gasteiger partial charge in [-0.15, -0.1) is 0 Å². The number of halogens is 1. The van der Waals surface area contributed by atoms with Crippen molar-refractivity contribution in [2.75, 3.05) is 17.6 Å². The van der Waals surface area contributed by atoms with Gasteiger partial charge in [0.1, 0.15) is 5.76 Å². The summed E-state index contributed by atoms with van der Waals surface area (Å²) in [5.74, 6) is 3.04. The van der Waals surface area contributed by atoms with Gasteiger partial charge >= 0.3 is 0 Å². The third-order valence-electron chi connectivity index (χ3n) is 2.22. The summed E-state index contributed by atoms with van der Waals surface area (Å²) in [6.07, 6.45) is 1.72. The molecule has 0 spiro atoms. The fraction of sp³-hybridized carbons (Fsp3) is 0.231. The van der Waals surface area contributed by atoms with Crippen molar-refractivity contribution in [3.8, 4) is 0 Å². The Bertz CT molecular complexity index is 444. The Morgan fingerprint density at radius 1 is 1.24 bits per heavy atom. The van der Waals surface area contributed by atoms with E-state index >= 15 is 0 Å². The van der Waals surface area contributed by atoms with Crippen molar-refractivity contribution < 1.29 is 4.42 Å². The molecule has 1 N–H and O–H groups in total. The number of anilines is 1. The van der Waals surface area contributed by atoms with E-state index in [2.05, 4.69) is 33.4 Å². The van der Waals surface area contributed by atoms with E-state index < -0.39 is 0 Å². The summed E-state index contributed by atoms with van der Waals surface area (Å²) in [6, 6.07) is 12.1. The van der Waals surface area contributed by atoms with Gasteiger partial charge in [-0.25, -0.2) is 0 Å². The van der Waals surface area contributed by atoms with Crippen LogP contribution >= 0.6 is 27.7 Å². The molecule has 0 bridgehead atoms. The van der Waals surface area contributed by atoms with Gasteiger partial charge in [-0.05, 0) is 30.3 Å². The number of benzene rings is 1. The van der Waals surface area contributed by atoms with Crippen LogP contribution < -0.4 is 5.32 Å². The quantitative estimate of drug-likeness (QED) is 0.801. The Kier molecular flexibility index (Phi) is 5.01. The standard InChI is InChI=1S/C13H14BrNOS/c14-11-3-1-4-12(9-11)15-6-8-17-10-13-5-2-7-16-13/h1-5,7,9,15H,6,8,10H2. The lowest BCUT2D eigenvalue weighted by atomic mass is 10.3. The molecule has 0 aliphatic carbocycles. The molecule has 0 amide bonds. The van der Waals surface area contributed by atoms with Crippen LogP contribution in [-0.4, -0.2) is 12.3 Å². The van der Waals surface area contributed by atoms with Crippen LogP contribution in [-0.2, 0) is 5.75 Å². The number of hydrogen-bond donors (Lipinski definition) is 1. The minimum absolute atomic E-state index is 0.938. The Morgan fingerprint density at radius 3 is 2.94 bits per heavy atom. The number of rotatable bonds is 6. The largest absolute Gasteiger partial charge is 0.468 e. The molecule has 2 aromatic rings. The molecule has 1 heterocycles. The highest BCUT2D eigenvalue weighted by atomic mass is 79.9. The zero-order valence-corrected chi connectivity index (χ0v) is 11.8. The van der Waals surface area contributed by atoms with Crippen LogP contribution in [0.2, 0.25) is 0 Å². The zero-order valence-electron chi connectivity index (χ0n) is 9.36. The predicted molar refractivity (Wildman–Crippen MR) is 77.5 cm³/mol. The Morgan fingerprint density at radius 2 is 2.18 bits per heavy atom. The summed E-state index contributed by atoms with van der Waals surface area (Å²) >= 11 is 5.32. The summed E-state index contributed by atoms with van der Waals surface area (Å²) < 4.78 is 6.37. The van der Waals surface area contributed by atoms with Gasteiger partial charge in [0, 0.05) is 22.5 Å². The summed E-state index contributed by atoms with van der Waals surface area (Å²) in [5.41, 5.74) is 1.15. The van der Waals surface area contributed by atoms with Crippen LogP contribution in [0, 0.1) is 0 Å². The summed E-state index contributed by atoms with van der Waals surface area (Å²) in [4.78, 5) is 0. The molecule has 0 unspecified atom stereocenters. The van der Waals surface area contributed by atoms with Gasteiger partial charge in [0.25, 0.3) is 0 Å². The first-order chi connectivity index (χ1) is 8.34. The minimum Gasteiger partial charge on any atom is -0.468 e. The first-order valence-electron chi connectivity index (χ1n) is 5.44. The van der Waals surface area contributed by atoms with Crippen molar-refractivity contribution in [1.82, 2.24) is 0 Å². The smallest absolute Gasteiger partial charge is 0.113 e. The van der Waals surface area contributed by atoms with Gasteiger partial charge in [0.2, 0.25) is 0 Å². The van der Waals surface area contributed by atoms with Crippen LogP contribution in [0.25, 0.3) is 0 Å². The SMILES string of the molecule is Brc1cccc(NCCSCc2ccco2)c1. The van der Waals surface area contributed by atoms with E-state index in [1.165, 1.54) is 0 Å². The average Bonchev–Trinajstić information content (AvgIpc) is 2.82. The lowest BCUT2D eigenvalue weighted by molar-refractivity contribution is 0.530. The van der Waals surface area contributed by atoms with Crippen molar-refractivity contribution >= 4 is 33.4 Å². The maximum Gasteiger partial charge on any atom is 0.113 e. The molecule has 0 aliphatic heterocycles. The first kappa shape index (κ1) is 12.6. The number of hydrogen-bond acceptors (Lipinski definition) is 3. The molecule has 90 valence electrons. The fourth-order valence-electron chi connectivity index (χ4n) is 1.43. The molecule has 0 aliphatic rings. The van der Waals surface area contributed by atoms with Crippen molar-refractivity contribution in [3.05, 3.63) is 52.9 Å². The maximum absolute atomic E-state index is 5.27. The molecule has 0 saturated carbocycles. The van der Waals surface area contributed by atoms with Crippen molar-refractivity contribution in [2.24, 2.45) is 0 Å². The third kappa shape index (κ3) is 4.48. The lowest BCUT2D eigenvalue weighted by Crippen LogP contribution is -2.03. The molecule has 2 rings (SSSR count). The van der Waals surface area contributed by atoms with Gasteiger partial charge in [-0.1, -0.05) is 22.0 Å². The van der Waals surface area contributed by atoms with Crippen LogP contribution in [0.5, 0.6) is 0 Å². The fourth-order valence-corrected chi connectivity index (χ4v) is 2.59. The molecule has 0 saturated heterocycles. The van der Waals surface area contributed by atoms with E-state index in [0.717, 1.165) is 34.0 Å². The molecule has 0 atom stereocenters. The Hall–Kier alpha value is -0.870.